The van der Waals surface area contributed by atoms with Crippen LogP contribution in [0.15, 0.2) is 9.59 Å². The first kappa shape index (κ1) is 19.5. The topological polar surface area (TPSA) is 91.4 Å². The van der Waals surface area contributed by atoms with E-state index in [1.807, 2.05) is 13.8 Å². The smallest absolute Gasteiger partial charge is 0.332 e. The number of hydrogen-bond donors (Lipinski definition) is 0. The van der Waals surface area contributed by atoms with Crippen molar-refractivity contribution in [3.05, 3.63) is 26.7 Å². The molecule has 9 heteroatoms. The van der Waals surface area contributed by atoms with Gasteiger partial charge in [-0.25, -0.2) is 9.78 Å². The van der Waals surface area contributed by atoms with Crippen molar-refractivity contribution in [1.29, 1.82) is 0 Å². The van der Waals surface area contributed by atoms with Gasteiger partial charge in [0.05, 0.1) is 24.8 Å². The summed E-state index contributed by atoms with van der Waals surface area (Å²) >= 11 is 0. The number of imidazole rings is 1. The predicted molar refractivity (Wildman–Crippen MR) is 101 cm³/mol. The van der Waals surface area contributed by atoms with Gasteiger partial charge in [0.25, 0.3) is 5.56 Å². The summed E-state index contributed by atoms with van der Waals surface area (Å²) in [7, 11) is 3.02. The number of rotatable bonds is 4. The van der Waals surface area contributed by atoms with Crippen LogP contribution in [0.25, 0.3) is 11.2 Å². The lowest BCUT2D eigenvalue weighted by atomic mass is 10.2. The van der Waals surface area contributed by atoms with Crippen molar-refractivity contribution >= 4 is 16.9 Å². The number of morpholine rings is 1. The lowest BCUT2D eigenvalue weighted by molar-refractivity contribution is -0.119. The van der Waals surface area contributed by atoms with Crippen LogP contribution in [0.1, 0.15) is 39.6 Å². The van der Waals surface area contributed by atoms with E-state index in [9.17, 15) is 14.4 Å². The lowest BCUT2D eigenvalue weighted by Crippen LogP contribution is -2.45. The Kier molecular flexibility index (Phi) is 5.09. The van der Waals surface area contributed by atoms with Crippen molar-refractivity contribution in [3.8, 4) is 0 Å². The molecule has 3 atom stereocenters. The number of ether oxygens (including phenoxy) is 1. The highest BCUT2D eigenvalue weighted by molar-refractivity contribution is 5.82. The molecule has 0 amide bonds. The summed E-state index contributed by atoms with van der Waals surface area (Å²) in [6, 6.07) is -0.550. The Morgan fingerprint density at radius 2 is 1.78 bits per heavy atom. The summed E-state index contributed by atoms with van der Waals surface area (Å²) in [6.07, 6.45) is 0.183. The molecule has 0 saturated carbocycles. The second kappa shape index (κ2) is 7.05. The van der Waals surface area contributed by atoms with Gasteiger partial charge in [-0.3, -0.25) is 23.6 Å². The number of hydrogen-bond acceptors (Lipinski definition) is 6. The van der Waals surface area contributed by atoms with E-state index in [1.54, 1.807) is 18.5 Å². The summed E-state index contributed by atoms with van der Waals surface area (Å²) in [5.41, 5.74) is -0.288. The first-order chi connectivity index (χ1) is 12.6. The van der Waals surface area contributed by atoms with Gasteiger partial charge in [-0.05, 0) is 27.7 Å². The molecule has 0 aromatic carbocycles. The number of nitrogens with zero attached hydrogens (tertiary/aromatic N) is 5. The fourth-order valence-corrected chi connectivity index (χ4v) is 3.78. The van der Waals surface area contributed by atoms with Gasteiger partial charge in [0.15, 0.2) is 16.9 Å². The van der Waals surface area contributed by atoms with Gasteiger partial charge in [0.2, 0.25) is 0 Å². The Balaban J connectivity index is 2.20. The van der Waals surface area contributed by atoms with Gasteiger partial charge in [0.1, 0.15) is 5.82 Å². The van der Waals surface area contributed by atoms with Crippen LogP contribution in [-0.2, 0) is 30.2 Å². The van der Waals surface area contributed by atoms with Crippen LogP contribution in [0.2, 0.25) is 0 Å². The highest BCUT2D eigenvalue weighted by atomic mass is 16.5. The van der Waals surface area contributed by atoms with Crippen LogP contribution in [0, 0.1) is 0 Å². The van der Waals surface area contributed by atoms with Gasteiger partial charge in [-0.2, -0.15) is 0 Å². The van der Waals surface area contributed by atoms with E-state index in [-0.39, 0.29) is 23.5 Å². The molecule has 0 bridgehead atoms. The van der Waals surface area contributed by atoms with Crippen LogP contribution in [0.5, 0.6) is 0 Å². The third-order valence-corrected chi connectivity index (χ3v) is 5.20. The number of aryl methyl sites for hydroxylation is 1. The number of carbonyl (C=O) groups is 1. The van der Waals surface area contributed by atoms with Crippen molar-refractivity contribution in [2.24, 2.45) is 14.1 Å². The zero-order valence-corrected chi connectivity index (χ0v) is 16.7. The summed E-state index contributed by atoms with van der Waals surface area (Å²) < 4.78 is 9.87. The quantitative estimate of drug-likeness (QED) is 0.756. The van der Waals surface area contributed by atoms with Crippen molar-refractivity contribution in [1.82, 2.24) is 23.6 Å². The molecule has 2 aromatic rings. The molecule has 148 valence electrons. The Bertz CT molecular complexity index is 992. The van der Waals surface area contributed by atoms with Crippen molar-refractivity contribution in [3.63, 3.8) is 0 Å². The first-order valence-corrected chi connectivity index (χ1v) is 9.16. The maximum Gasteiger partial charge on any atom is 0.332 e. The average molecular weight is 377 g/mol. The van der Waals surface area contributed by atoms with Gasteiger partial charge in [-0.15, -0.1) is 0 Å². The monoisotopic (exact) mass is 377 g/mol. The van der Waals surface area contributed by atoms with Gasteiger partial charge in [0, 0.05) is 27.2 Å². The zero-order chi connectivity index (χ0) is 20.0. The summed E-state index contributed by atoms with van der Waals surface area (Å²) in [5, 5.41) is 0. The minimum absolute atomic E-state index is 0.0739. The van der Waals surface area contributed by atoms with E-state index in [4.69, 9.17) is 4.74 Å². The molecule has 27 heavy (non-hydrogen) atoms. The second-order valence-corrected chi connectivity index (χ2v) is 7.51. The number of carbonyl (C=O) groups excluding carboxylic acids is 1. The van der Waals surface area contributed by atoms with Crippen LogP contribution >= 0.6 is 0 Å². The molecule has 1 fully saturated rings. The normalized spacial score (nSPS) is 22.3. The molecule has 1 saturated heterocycles. The highest BCUT2D eigenvalue weighted by Crippen LogP contribution is 2.21. The number of Topliss-reactive ketones (excluding diaryl/α,β-unsaturated/α-hetero) is 1. The highest BCUT2D eigenvalue weighted by Gasteiger charge is 2.28. The fourth-order valence-electron chi connectivity index (χ4n) is 3.78. The summed E-state index contributed by atoms with van der Waals surface area (Å²) in [4.78, 5) is 44.0. The van der Waals surface area contributed by atoms with Crippen molar-refractivity contribution < 1.29 is 9.53 Å². The molecule has 3 heterocycles. The minimum atomic E-state index is -0.550. The molecule has 0 aliphatic carbocycles. The van der Waals surface area contributed by atoms with E-state index >= 15 is 0 Å². The van der Waals surface area contributed by atoms with Crippen molar-refractivity contribution in [2.45, 2.75) is 52.5 Å². The van der Waals surface area contributed by atoms with Crippen LogP contribution in [0.3, 0.4) is 0 Å². The van der Waals surface area contributed by atoms with Crippen molar-refractivity contribution in [2.75, 3.05) is 13.1 Å². The molecule has 1 aliphatic heterocycles. The Hall–Kier alpha value is -2.26. The number of fused-ring (bicyclic) bond motifs is 1. The molecule has 0 unspecified atom stereocenters. The van der Waals surface area contributed by atoms with E-state index in [0.29, 0.717) is 18.0 Å². The number of aromatic nitrogens is 4. The van der Waals surface area contributed by atoms with Gasteiger partial charge >= 0.3 is 5.69 Å². The number of ketones is 1. The molecule has 3 rings (SSSR count). The Labute approximate surface area is 157 Å². The third kappa shape index (κ3) is 3.37. The maximum atomic E-state index is 12.8. The minimum Gasteiger partial charge on any atom is -0.373 e. The lowest BCUT2D eigenvalue weighted by Gasteiger charge is -2.35. The summed E-state index contributed by atoms with van der Waals surface area (Å²) in [5.74, 6) is 0.530. The van der Waals surface area contributed by atoms with E-state index in [2.05, 4.69) is 9.88 Å². The average Bonchev–Trinajstić information content (AvgIpc) is 2.95. The standard InChI is InChI=1S/C18H27N5O4/c1-10-7-22(8-11(2)27-10)9-14-19-16-15(23(14)12(3)13(4)24)17(25)21(6)18(26)20(16)5/h10-12H,7-9H2,1-6H3/t10-,11-,12-/m0/s1. The zero-order valence-electron chi connectivity index (χ0n) is 16.7. The predicted octanol–water partition coefficient (Wildman–Crippen LogP) is 0.193. The first-order valence-electron chi connectivity index (χ1n) is 9.16. The molecule has 0 spiro atoms. The molecule has 2 aromatic heterocycles. The SMILES string of the molecule is CC(=O)[C@H](C)n1c(CN2C[C@H](C)O[C@@H](C)C2)nc2c1c(=O)n(C)c(=O)n2C. The van der Waals surface area contributed by atoms with E-state index in [0.717, 1.165) is 17.7 Å². The van der Waals surface area contributed by atoms with Gasteiger partial charge in [-0.1, -0.05) is 0 Å². The van der Waals surface area contributed by atoms with Crippen LogP contribution in [-0.4, -0.2) is 54.7 Å². The van der Waals surface area contributed by atoms with Crippen LogP contribution < -0.4 is 11.2 Å². The van der Waals surface area contributed by atoms with Crippen LogP contribution in [0.4, 0.5) is 0 Å². The van der Waals surface area contributed by atoms with Gasteiger partial charge < -0.3 is 9.30 Å². The Morgan fingerprint density at radius 3 is 2.33 bits per heavy atom. The molecule has 9 nitrogen and oxygen atoms in total. The molecular weight excluding hydrogens is 350 g/mol. The molecule has 1 aliphatic rings. The van der Waals surface area contributed by atoms with E-state index < -0.39 is 17.3 Å². The molecule has 0 radical (unpaired) electrons. The third-order valence-electron chi connectivity index (χ3n) is 5.20. The summed E-state index contributed by atoms with van der Waals surface area (Å²) in [6.45, 7) is 9.22. The second-order valence-electron chi connectivity index (χ2n) is 7.51. The Morgan fingerprint density at radius 1 is 1.19 bits per heavy atom. The molecule has 0 N–H and O–H groups in total. The largest absolute Gasteiger partial charge is 0.373 e. The maximum absolute atomic E-state index is 12.8. The fraction of sp³-hybridized carbons (Fsp3) is 0.667. The van der Waals surface area contributed by atoms with E-state index in [1.165, 1.54) is 18.5 Å². The molecular formula is C18H27N5O4.